The van der Waals surface area contributed by atoms with Crippen molar-refractivity contribution in [3.05, 3.63) is 188 Å². The summed E-state index contributed by atoms with van der Waals surface area (Å²) in [5.41, 5.74) is 8.08. The molecular formula is C48H32N4O2. The van der Waals surface area contributed by atoms with Crippen LogP contribution in [0.1, 0.15) is 17.2 Å². The number of hydrogen-bond donors (Lipinski definition) is 2. The minimum Gasteiger partial charge on any atom is -0.516 e. The lowest BCUT2D eigenvalue weighted by Crippen LogP contribution is -2.04. The van der Waals surface area contributed by atoms with E-state index in [1.807, 2.05) is 48.5 Å². The van der Waals surface area contributed by atoms with Gasteiger partial charge in [-0.3, -0.25) is 0 Å². The van der Waals surface area contributed by atoms with E-state index in [4.69, 9.17) is 0 Å². The van der Waals surface area contributed by atoms with Crippen molar-refractivity contribution in [3.63, 3.8) is 0 Å². The number of nitrogens with zero attached hydrogens (tertiary/aromatic N) is 4. The van der Waals surface area contributed by atoms with Crippen LogP contribution in [0.2, 0.25) is 0 Å². The number of fused-ring (bicyclic) bond motifs is 5. The quantitative estimate of drug-likeness (QED) is 0.0931. The van der Waals surface area contributed by atoms with Gasteiger partial charge in [0.25, 0.3) is 0 Å². The highest BCUT2D eigenvalue weighted by atomic mass is 16.3. The summed E-state index contributed by atoms with van der Waals surface area (Å²) >= 11 is 0. The van der Waals surface area contributed by atoms with Crippen molar-refractivity contribution >= 4 is 43.6 Å². The topological polar surface area (TPSA) is 103 Å². The number of rotatable bonds is 8. The normalized spacial score (nSPS) is 11.6. The van der Waals surface area contributed by atoms with Gasteiger partial charge in [-0.1, -0.05) is 116 Å². The Labute approximate surface area is 312 Å². The van der Waals surface area contributed by atoms with E-state index in [9.17, 15) is 15.5 Å². The molecule has 256 valence electrons. The van der Waals surface area contributed by atoms with Crippen molar-refractivity contribution in [1.82, 2.24) is 15.0 Å². The molecule has 0 fully saturated rings. The van der Waals surface area contributed by atoms with Gasteiger partial charge in [-0.05, 0) is 114 Å². The maximum absolute atomic E-state index is 10.6. The van der Waals surface area contributed by atoms with Crippen LogP contribution >= 0.6 is 0 Å². The molecule has 0 amide bonds. The molecule has 0 saturated carbocycles. The average Bonchev–Trinajstić information content (AvgIpc) is 3.23. The molecule has 1 heterocycles. The molecule has 0 saturated heterocycles. The number of allylic oxidation sites excluding steroid dienone is 4. The van der Waals surface area contributed by atoms with Crippen molar-refractivity contribution < 1.29 is 10.2 Å². The van der Waals surface area contributed by atoms with Crippen LogP contribution in [0.4, 0.5) is 0 Å². The Morgan fingerprint density at radius 2 is 1.11 bits per heavy atom. The highest BCUT2D eigenvalue weighted by molar-refractivity contribution is 6.23. The molecule has 7 aromatic carbocycles. The van der Waals surface area contributed by atoms with Crippen molar-refractivity contribution in [2.45, 2.75) is 0 Å². The van der Waals surface area contributed by atoms with E-state index in [2.05, 4.69) is 119 Å². The summed E-state index contributed by atoms with van der Waals surface area (Å²) in [6, 6.07) is 48.1. The van der Waals surface area contributed by atoms with E-state index in [1.54, 1.807) is 0 Å². The van der Waals surface area contributed by atoms with Crippen LogP contribution in [0.15, 0.2) is 171 Å². The molecule has 0 radical (unpaired) electrons. The van der Waals surface area contributed by atoms with Crippen molar-refractivity contribution in [2.24, 2.45) is 0 Å². The first-order chi connectivity index (χ1) is 26.4. The van der Waals surface area contributed by atoms with Gasteiger partial charge in [0.15, 0.2) is 23.2 Å². The second-order valence-electron chi connectivity index (χ2n) is 12.8. The zero-order valence-corrected chi connectivity index (χ0v) is 29.1. The number of benzene rings is 7. The minimum atomic E-state index is -0.166. The molecule has 0 unspecified atom stereocenters. The molecule has 0 aliphatic carbocycles. The number of aliphatic hydroxyl groups excluding tert-OH is 2. The molecule has 0 aliphatic rings. The SMILES string of the molecule is C=C/C=C(\O)c1nc(C(=C)/C=C\O)nc(-c2cccc(-c3cccc(-c4cc5c6ccccc6c(-c6ccc(C#N)cc6)cc5c5ccccc45)c3)c2)n1. The van der Waals surface area contributed by atoms with E-state index in [-0.39, 0.29) is 17.4 Å². The van der Waals surface area contributed by atoms with E-state index < -0.39 is 0 Å². The van der Waals surface area contributed by atoms with Crippen LogP contribution < -0.4 is 0 Å². The molecule has 2 N–H and O–H groups in total. The molecule has 0 atom stereocenters. The van der Waals surface area contributed by atoms with Gasteiger partial charge in [0, 0.05) is 11.1 Å². The third kappa shape index (κ3) is 6.17. The van der Waals surface area contributed by atoms with Crippen LogP contribution in [-0.2, 0) is 0 Å². The van der Waals surface area contributed by atoms with E-state index in [1.165, 1.54) is 23.6 Å². The van der Waals surface area contributed by atoms with Crippen LogP contribution in [0, 0.1) is 11.3 Å². The van der Waals surface area contributed by atoms with Gasteiger partial charge >= 0.3 is 0 Å². The Morgan fingerprint density at radius 1 is 0.574 bits per heavy atom. The van der Waals surface area contributed by atoms with Crippen LogP contribution in [-0.4, -0.2) is 25.2 Å². The predicted molar refractivity (Wildman–Crippen MR) is 220 cm³/mol. The first-order valence-electron chi connectivity index (χ1n) is 17.3. The summed E-state index contributed by atoms with van der Waals surface area (Å²) in [6.45, 7) is 7.60. The first kappa shape index (κ1) is 33.5. The van der Waals surface area contributed by atoms with Gasteiger partial charge in [0.1, 0.15) is 0 Å². The van der Waals surface area contributed by atoms with Crippen LogP contribution in [0.5, 0.6) is 0 Å². The second kappa shape index (κ2) is 14.2. The largest absolute Gasteiger partial charge is 0.516 e. The summed E-state index contributed by atoms with van der Waals surface area (Å²) in [6.07, 6.45) is 5.11. The fourth-order valence-electron chi connectivity index (χ4n) is 6.97. The highest BCUT2D eigenvalue weighted by Gasteiger charge is 2.16. The molecule has 6 heteroatoms. The lowest BCUT2D eigenvalue weighted by atomic mass is 9.87. The zero-order chi connectivity index (χ0) is 37.2. The number of nitriles is 1. The number of aromatic nitrogens is 3. The van der Waals surface area contributed by atoms with Gasteiger partial charge in [0.05, 0.1) is 17.9 Å². The fourth-order valence-corrected chi connectivity index (χ4v) is 6.97. The molecule has 6 nitrogen and oxygen atoms in total. The van der Waals surface area contributed by atoms with Gasteiger partial charge in [0.2, 0.25) is 0 Å². The van der Waals surface area contributed by atoms with Gasteiger partial charge in [-0.2, -0.15) is 5.26 Å². The van der Waals surface area contributed by atoms with Crippen molar-refractivity contribution in [3.8, 4) is 50.8 Å². The van der Waals surface area contributed by atoms with E-state index >= 15 is 0 Å². The fraction of sp³-hybridized carbons (Fsp3) is 0. The van der Waals surface area contributed by atoms with Crippen LogP contribution in [0.25, 0.3) is 88.4 Å². The number of hydrogen-bond acceptors (Lipinski definition) is 6. The molecule has 8 rings (SSSR count). The summed E-state index contributed by atoms with van der Waals surface area (Å²) in [4.78, 5) is 13.5. The number of aliphatic hydroxyl groups is 2. The third-order valence-electron chi connectivity index (χ3n) is 9.54. The lowest BCUT2D eigenvalue weighted by molar-refractivity contribution is 0.474. The van der Waals surface area contributed by atoms with Gasteiger partial charge < -0.3 is 10.2 Å². The van der Waals surface area contributed by atoms with Crippen molar-refractivity contribution in [1.29, 1.82) is 5.26 Å². The summed E-state index contributed by atoms with van der Waals surface area (Å²) in [7, 11) is 0. The molecular weight excluding hydrogens is 665 g/mol. The third-order valence-corrected chi connectivity index (χ3v) is 9.54. The van der Waals surface area contributed by atoms with E-state index in [0.29, 0.717) is 17.0 Å². The minimum absolute atomic E-state index is 0.0644. The molecule has 1 aromatic heterocycles. The highest BCUT2D eigenvalue weighted by Crippen LogP contribution is 2.42. The Bertz CT molecular complexity index is 2900. The maximum Gasteiger partial charge on any atom is 0.198 e. The van der Waals surface area contributed by atoms with Gasteiger partial charge in [-0.15, -0.1) is 0 Å². The van der Waals surface area contributed by atoms with E-state index in [0.717, 1.165) is 72.1 Å². The summed E-state index contributed by atoms with van der Waals surface area (Å²) < 4.78 is 0. The maximum atomic E-state index is 10.6. The zero-order valence-electron chi connectivity index (χ0n) is 29.1. The molecule has 54 heavy (non-hydrogen) atoms. The smallest absolute Gasteiger partial charge is 0.198 e. The Kier molecular flexibility index (Phi) is 8.80. The first-order valence-corrected chi connectivity index (χ1v) is 17.3. The second-order valence-corrected chi connectivity index (χ2v) is 12.8. The Hall–Kier alpha value is -7.62. The molecule has 0 spiro atoms. The van der Waals surface area contributed by atoms with Gasteiger partial charge in [-0.25, -0.2) is 15.0 Å². The standard InChI is InChI=1S/C48H32N4O2/c1-3-10-45(54)48-51-46(30(2)23-24-53)50-47(52-48)36-14-9-12-34(26-36)33-11-8-13-35(25-33)42-28-44-39-17-6-4-15-37(39)41(32-21-19-31(29-49)20-22-32)27-43(44)40-18-7-5-16-38(40)42/h3-28,53-54H,1-2H2/b24-23-,45-10-. The Balaban J connectivity index is 1.27. The molecule has 0 bridgehead atoms. The van der Waals surface area contributed by atoms with Crippen LogP contribution in [0.3, 0.4) is 0 Å². The molecule has 8 aromatic rings. The predicted octanol–water partition coefficient (Wildman–Crippen LogP) is 12.0. The van der Waals surface area contributed by atoms with Crippen molar-refractivity contribution in [2.75, 3.05) is 0 Å². The summed E-state index contributed by atoms with van der Waals surface area (Å²) in [5, 5.41) is 36.3. The Morgan fingerprint density at radius 3 is 1.70 bits per heavy atom. The summed E-state index contributed by atoms with van der Waals surface area (Å²) in [5.74, 6) is 0.462. The average molecular weight is 697 g/mol. The lowest BCUT2D eigenvalue weighted by Gasteiger charge is -2.16. The monoisotopic (exact) mass is 696 g/mol. The molecule has 0 aliphatic heterocycles.